The molecule has 4 N–H and O–H groups in total. The molecular weight excluding hydrogens is 283 g/mol. The zero-order chi connectivity index (χ0) is 10.0. The van der Waals surface area contributed by atoms with E-state index in [-0.39, 0.29) is 0 Å². The second kappa shape index (κ2) is 3.73. The van der Waals surface area contributed by atoms with E-state index in [0.717, 1.165) is 0 Å². The van der Waals surface area contributed by atoms with Gasteiger partial charge in [0.1, 0.15) is 0 Å². The first-order valence-corrected chi connectivity index (χ1v) is 4.50. The van der Waals surface area contributed by atoms with Crippen LogP contribution in [0.15, 0.2) is 18.2 Å². The van der Waals surface area contributed by atoms with E-state index in [2.05, 4.69) is 0 Å². The Morgan fingerprint density at radius 2 is 1.46 bits per heavy atom. The van der Waals surface area contributed by atoms with Crippen LogP contribution in [0.3, 0.4) is 0 Å². The van der Waals surface area contributed by atoms with Crippen LogP contribution >= 0.6 is 22.6 Å². The van der Waals surface area contributed by atoms with Gasteiger partial charge in [-0.3, -0.25) is 9.59 Å². The summed E-state index contributed by atoms with van der Waals surface area (Å²) in [5.74, 6) is -1.12. The molecule has 0 aliphatic heterocycles. The van der Waals surface area contributed by atoms with Crippen molar-refractivity contribution in [1.29, 1.82) is 0 Å². The molecule has 0 atom stereocenters. The SMILES string of the molecule is NC(=O)c1cccc(C(N)=O)c1I. The van der Waals surface area contributed by atoms with Crippen molar-refractivity contribution in [3.63, 3.8) is 0 Å². The van der Waals surface area contributed by atoms with Crippen molar-refractivity contribution >= 4 is 34.4 Å². The summed E-state index contributed by atoms with van der Waals surface area (Å²) in [6.07, 6.45) is 0. The van der Waals surface area contributed by atoms with E-state index in [4.69, 9.17) is 11.5 Å². The normalized spacial score (nSPS) is 9.62. The van der Waals surface area contributed by atoms with E-state index in [0.29, 0.717) is 14.7 Å². The second-order valence-corrected chi connectivity index (χ2v) is 3.47. The van der Waals surface area contributed by atoms with E-state index in [1.165, 1.54) is 0 Å². The molecule has 1 aromatic carbocycles. The fourth-order valence-electron chi connectivity index (χ4n) is 0.913. The number of primary amides is 2. The zero-order valence-corrected chi connectivity index (χ0v) is 8.74. The lowest BCUT2D eigenvalue weighted by Gasteiger charge is -2.03. The van der Waals surface area contributed by atoms with Gasteiger partial charge < -0.3 is 11.5 Å². The van der Waals surface area contributed by atoms with Crippen molar-refractivity contribution in [2.24, 2.45) is 11.5 Å². The Morgan fingerprint density at radius 1 is 1.08 bits per heavy atom. The minimum absolute atomic E-state index is 0.317. The van der Waals surface area contributed by atoms with Gasteiger partial charge in [-0.1, -0.05) is 6.07 Å². The molecule has 0 spiro atoms. The third-order valence-electron chi connectivity index (χ3n) is 1.53. The van der Waals surface area contributed by atoms with Gasteiger partial charge in [-0.05, 0) is 34.7 Å². The number of hydrogen-bond donors (Lipinski definition) is 2. The maximum absolute atomic E-state index is 10.9. The zero-order valence-electron chi connectivity index (χ0n) is 6.58. The van der Waals surface area contributed by atoms with Crippen LogP contribution in [0.5, 0.6) is 0 Å². The monoisotopic (exact) mass is 290 g/mol. The maximum Gasteiger partial charge on any atom is 0.249 e. The summed E-state index contributed by atoms with van der Waals surface area (Å²) in [6.45, 7) is 0. The third kappa shape index (κ3) is 1.97. The highest BCUT2D eigenvalue weighted by Gasteiger charge is 2.12. The van der Waals surface area contributed by atoms with Crippen molar-refractivity contribution in [3.8, 4) is 0 Å². The van der Waals surface area contributed by atoms with Gasteiger partial charge in [0.05, 0.1) is 11.1 Å². The molecule has 0 radical (unpaired) electrons. The summed E-state index contributed by atoms with van der Waals surface area (Å²) in [7, 11) is 0. The third-order valence-corrected chi connectivity index (χ3v) is 2.69. The molecule has 68 valence electrons. The molecule has 4 nitrogen and oxygen atoms in total. The number of hydrogen-bond acceptors (Lipinski definition) is 2. The highest BCUT2D eigenvalue weighted by atomic mass is 127. The van der Waals surface area contributed by atoms with Crippen LogP contribution in [0.1, 0.15) is 20.7 Å². The van der Waals surface area contributed by atoms with Crippen molar-refractivity contribution < 1.29 is 9.59 Å². The van der Waals surface area contributed by atoms with E-state index in [1.54, 1.807) is 18.2 Å². The molecule has 0 unspecified atom stereocenters. The Kier molecular flexibility index (Phi) is 2.86. The fourth-order valence-corrected chi connectivity index (χ4v) is 1.80. The predicted octanol–water partition coefficient (Wildman–Crippen LogP) is 0.489. The Labute approximate surface area is 88.4 Å². The van der Waals surface area contributed by atoms with E-state index in [1.807, 2.05) is 22.6 Å². The molecule has 0 aliphatic carbocycles. The molecule has 1 aromatic rings. The topological polar surface area (TPSA) is 86.2 Å². The first kappa shape index (κ1) is 9.97. The van der Waals surface area contributed by atoms with Gasteiger partial charge in [0.15, 0.2) is 0 Å². The number of rotatable bonds is 2. The van der Waals surface area contributed by atoms with Gasteiger partial charge in [-0.2, -0.15) is 0 Å². The van der Waals surface area contributed by atoms with Crippen LogP contribution in [-0.2, 0) is 0 Å². The number of amides is 2. The highest BCUT2D eigenvalue weighted by molar-refractivity contribution is 14.1. The van der Waals surface area contributed by atoms with E-state index < -0.39 is 11.8 Å². The maximum atomic E-state index is 10.9. The number of carbonyl (C=O) groups is 2. The van der Waals surface area contributed by atoms with Crippen molar-refractivity contribution in [3.05, 3.63) is 32.9 Å². The largest absolute Gasteiger partial charge is 0.366 e. The van der Waals surface area contributed by atoms with Gasteiger partial charge in [-0.25, -0.2) is 0 Å². The molecule has 0 aliphatic rings. The van der Waals surface area contributed by atoms with Gasteiger partial charge in [0, 0.05) is 3.57 Å². The van der Waals surface area contributed by atoms with Crippen LogP contribution in [0.4, 0.5) is 0 Å². The van der Waals surface area contributed by atoms with Gasteiger partial charge in [-0.15, -0.1) is 0 Å². The molecule has 0 fully saturated rings. The van der Waals surface area contributed by atoms with Gasteiger partial charge >= 0.3 is 0 Å². The average Bonchev–Trinajstić information content (AvgIpc) is 2.03. The van der Waals surface area contributed by atoms with Crippen molar-refractivity contribution in [2.75, 3.05) is 0 Å². The molecule has 0 aromatic heterocycles. The Bertz CT molecular complexity index is 344. The summed E-state index contributed by atoms with van der Waals surface area (Å²) < 4.78 is 0.500. The van der Waals surface area contributed by atoms with Crippen molar-refractivity contribution in [2.45, 2.75) is 0 Å². The smallest absolute Gasteiger partial charge is 0.249 e. The number of halogens is 1. The van der Waals surface area contributed by atoms with E-state index in [9.17, 15) is 9.59 Å². The molecule has 0 saturated heterocycles. The van der Waals surface area contributed by atoms with Crippen molar-refractivity contribution in [1.82, 2.24) is 0 Å². The van der Waals surface area contributed by atoms with Gasteiger partial charge in [0.2, 0.25) is 11.8 Å². The quantitative estimate of drug-likeness (QED) is 0.777. The van der Waals surface area contributed by atoms with Crippen LogP contribution in [-0.4, -0.2) is 11.8 Å². The summed E-state index contributed by atoms with van der Waals surface area (Å²) in [5, 5.41) is 0. The molecular formula is C8H7IN2O2. The molecule has 0 heterocycles. The molecule has 13 heavy (non-hydrogen) atoms. The number of nitrogens with two attached hydrogens (primary N) is 2. The lowest BCUT2D eigenvalue weighted by atomic mass is 10.1. The van der Waals surface area contributed by atoms with Crippen LogP contribution in [0, 0.1) is 3.57 Å². The fraction of sp³-hybridized carbons (Fsp3) is 0. The molecule has 0 saturated carbocycles. The van der Waals surface area contributed by atoms with Crippen LogP contribution in [0.2, 0.25) is 0 Å². The summed E-state index contributed by atoms with van der Waals surface area (Å²) in [4.78, 5) is 21.7. The minimum atomic E-state index is -0.562. The Hall–Kier alpha value is -1.11. The molecule has 1 rings (SSSR count). The summed E-state index contributed by atoms with van der Waals surface area (Å²) in [6, 6.07) is 4.68. The van der Waals surface area contributed by atoms with Crippen LogP contribution in [0.25, 0.3) is 0 Å². The first-order valence-electron chi connectivity index (χ1n) is 3.42. The Balaban J connectivity index is 3.35. The second-order valence-electron chi connectivity index (χ2n) is 2.40. The predicted molar refractivity (Wildman–Crippen MR) is 56.2 cm³/mol. The lowest BCUT2D eigenvalue weighted by Crippen LogP contribution is -2.18. The minimum Gasteiger partial charge on any atom is -0.366 e. The lowest BCUT2D eigenvalue weighted by molar-refractivity contribution is 0.0999. The highest BCUT2D eigenvalue weighted by Crippen LogP contribution is 2.16. The molecule has 5 heteroatoms. The summed E-state index contributed by atoms with van der Waals surface area (Å²) >= 11 is 1.87. The Morgan fingerprint density at radius 3 is 1.77 bits per heavy atom. The number of benzene rings is 1. The molecule has 2 amide bonds. The molecule has 0 bridgehead atoms. The standard InChI is InChI=1S/C8H7IN2O2/c9-6-4(7(10)12)2-1-3-5(6)8(11)13/h1-3H,(H2,10,12)(H2,11,13). The number of carbonyl (C=O) groups excluding carboxylic acids is 2. The average molecular weight is 290 g/mol. The van der Waals surface area contributed by atoms with Crippen LogP contribution < -0.4 is 11.5 Å². The van der Waals surface area contributed by atoms with Gasteiger partial charge in [0.25, 0.3) is 0 Å². The summed E-state index contributed by atoms with van der Waals surface area (Å²) in [5.41, 5.74) is 10.8. The first-order chi connectivity index (χ1) is 6.04. The van der Waals surface area contributed by atoms with E-state index >= 15 is 0 Å².